The molecule has 2 heterocycles. The monoisotopic (exact) mass is 398 g/mol. The first-order valence-electron chi connectivity index (χ1n) is 8.77. The topological polar surface area (TPSA) is 85.4 Å². The van der Waals surface area contributed by atoms with Gasteiger partial charge in [0.1, 0.15) is 30.5 Å². The highest BCUT2D eigenvalue weighted by atomic mass is 19.1. The molecule has 1 aliphatic rings. The summed E-state index contributed by atoms with van der Waals surface area (Å²) in [5, 5.41) is 5.39. The van der Waals surface area contributed by atoms with Crippen LogP contribution in [0.4, 0.5) is 26.1 Å². The SMILES string of the molecule is Cc1cc(C(=O)Nc2ccc3c(c2)OCCO3)nc(Nc2ccc(F)cc2F)n1. The van der Waals surface area contributed by atoms with E-state index >= 15 is 0 Å². The van der Waals surface area contributed by atoms with E-state index in [4.69, 9.17) is 9.47 Å². The number of carbonyl (C=O) groups excluding carboxylic acids is 1. The number of hydrogen-bond acceptors (Lipinski definition) is 6. The molecular formula is C20H16F2N4O3. The van der Waals surface area contributed by atoms with E-state index in [0.717, 1.165) is 12.1 Å². The molecule has 148 valence electrons. The van der Waals surface area contributed by atoms with Crippen molar-refractivity contribution in [2.45, 2.75) is 6.92 Å². The number of ether oxygens (including phenoxy) is 2. The molecule has 0 atom stereocenters. The number of anilines is 3. The first kappa shape index (κ1) is 18.6. The highest BCUT2D eigenvalue weighted by molar-refractivity contribution is 6.03. The van der Waals surface area contributed by atoms with Crippen molar-refractivity contribution < 1.29 is 23.0 Å². The summed E-state index contributed by atoms with van der Waals surface area (Å²) in [4.78, 5) is 20.9. The first-order chi connectivity index (χ1) is 14.0. The summed E-state index contributed by atoms with van der Waals surface area (Å²) in [6.07, 6.45) is 0. The zero-order valence-corrected chi connectivity index (χ0v) is 15.3. The van der Waals surface area contributed by atoms with Crippen LogP contribution in [-0.4, -0.2) is 29.1 Å². The van der Waals surface area contributed by atoms with Gasteiger partial charge in [-0.25, -0.2) is 18.7 Å². The molecule has 0 radical (unpaired) electrons. The lowest BCUT2D eigenvalue weighted by Crippen LogP contribution is -2.17. The molecular weight excluding hydrogens is 382 g/mol. The molecule has 0 unspecified atom stereocenters. The summed E-state index contributed by atoms with van der Waals surface area (Å²) in [5.74, 6) is -0.797. The summed E-state index contributed by atoms with van der Waals surface area (Å²) in [7, 11) is 0. The van der Waals surface area contributed by atoms with E-state index in [-0.39, 0.29) is 17.3 Å². The van der Waals surface area contributed by atoms with Crippen molar-refractivity contribution in [2.24, 2.45) is 0 Å². The molecule has 2 N–H and O–H groups in total. The number of aryl methyl sites for hydroxylation is 1. The zero-order valence-electron chi connectivity index (χ0n) is 15.3. The third-order valence-corrected chi connectivity index (χ3v) is 4.06. The van der Waals surface area contributed by atoms with Crippen molar-refractivity contribution in [2.75, 3.05) is 23.8 Å². The fraction of sp³-hybridized carbons (Fsp3) is 0.150. The van der Waals surface area contributed by atoms with Crippen LogP contribution < -0.4 is 20.1 Å². The molecule has 29 heavy (non-hydrogen) atoms. The molecule has 0 saturated carbocycles. The minimum atomic E-state index is -0.794. The molecule has 1 amide bonds. The highest BCUT2D eigenvalue weighted by Gasteiger charge is 2.16. The Bertz CT molecular complexity index is 1090. The van der Waals surface area contributed by atoms with Gasteiger partial charge in [0.25, 0.3) is 5.91 Å². The average Bonchev–Trinajstić information content (AvgIpc) is 2.69. The van der Waals surface area contributed by atoms with Gasteiger partial charge >= 0.3 is 0 Å². The number of amides is 1. The molecule has 4 rings (SSSR count). The van der Waals surface area contributed by atoms with E-state index in [1.807, 2.05) is 0 Å². The number of nitrogens with one attached hydrogen (secondary N) is 2. The van der Waals surface area contributed by atoms with E-state index in [9.17, 15) is 13.6 Å². The lowest BCUT2D eigenvalue weighted by atomic mass is 10.2. The predicted molar refractivity (Wildman–Crippen MR) is 102 cm³/mol. The fourth-order valence-corrected chi connectivity index (χ4v) is 2.77. The van der Waals surface area contributed by atoms with E-state index < -0.39 is 17.5 Å². The molecule has 1 aromatic heterocycles. The number of aromatic nitrogens is 2. The second-order valence-electron chi connectivity index (χ2n) is 6.28. The zero-order chi connectivity index (χ0) is 20.4. The quantitative estimate of drug-likeness (QED) is 0.695. The Morgan fingerprint density at radius 2 is 1.79 bits per heavy atom. The standard InChI is InChI=1S/C20H16F2N4O3/c1-11-8-16(26-20(23-11)25-15-4-2-12(21)9-14(15)22)19(27)24-13-3-5-17-18(10-13)29-7-6-28-17/h2-5,8-10H,6-7H2,1H3,(H,24,27)(H,23,25,26). The second-order valence-corrected chi connectivity index (χ2v) is 6.28. The minimum absolute atomic E-state index is 0.00445. The van der Waals surface area contributed by atoms with Crippen LogP contribution in [0.1, 0.15) is 16.2 Å². The van der Waals surface area contributed by atoms with E-state index in [2.05, 4.69) is 20.6 Å². The number of rotatable bonds is 4. The van der Waals surface area contributed by atoms with Gasteiger partial charge in [0.2, 0.25) is 5.95 Å². The van der Waals surface area contributed by atoms with Gasteiger partial charge in [0.15, 0.2) is 11.5 Å². The van der Waals surface area contributed by atoms with Gasteiger partial charge in [0.05, 0.1) is 5.69 Å². The maximum absolute atomic E-state index is 13.9. The fourth-order valence-electron chi connectivity index (χ4n) is 2.77. The van der Waals surface area contributed by atoms with Crippen LogP contribution in [0.5, 0.6) is 11.5 Å². The number of nitrogens with zero attached hydrogens (tertiary/aromatic N) is 2. The maximum atomic E-state index is 13.9. The number of carbonyl (C=O) groups is 1. The van der Waals surface area contributed by atoms with Crippen LogP contribution in [0.25, 0.3) is 0 Å². The lowest BCUT2D eigenvalue weighted by Gasteiger charge is -2.19. The summed E-state index contributed by atoms with van der Waals surface area (Å²) in [5.41, 5.74) is 1.08. The number of benzene rings is 2. The summed E-state index contributed by atoms with van der Waals surface area (Å²) in [6.45, 7) is 2.59. The van der Waals surface area contributed by atoms with Crippen molar-refractivity contribution in [1.82, 2.24) is 9.97 Å². The van der Waals surface area contributed by atoms with Gasteiger partial charge in [-0.3, -0.25) is 4.79 Å². The van der Waals surface area contributed by atoms with Gasteiger partial charge in [0, 0.05) is 23.5 Å². The number of hydrogen-bond donors (Lipinski definition) is 2. The van der Waals surface area contributed by atoms with E-state index in [1.165, 1.54) is 12.1 Å². The molecule has 0 saturated heterocycles. The van der Waals surface area contributed by atoms with Crippen molar-refractivity contribution in [3.63, 3.8) is 0 Å². The molecule has 1 aliphatic heterocycles. The Morgan fingerprint density at radius 3 is 2.59 bits per heavy atom. The molecule has 0 spiro atoms. The number of halogens is 2. The van der Waals surface area contributed by atoms with Crippen LogP contribution >= 0.6 is 0 Å². The van der Waals surface area contributed by atoms with Crippen LogP contribution in [-0.2, 0) is 0 Å². The summed E-state index contributed by atoms with van der Waals surface area (Å²) < 4.78 is 37.9. The third-order valence-electron chi connectivity index (χ3n) is 4.06. The first-order valence-corrected chi connectivity index (χ1v) is 8.77. The van der Waals surface area contributed by atoms with Crippen LogP contribution in [0.2, 0.25) is 0 Å². The Hall–Kier alpha value is -3.75. The van der Waals surface area contributed by atoms with Gasteiger partial charge in [-0.05, 0) is 37.3 Å². The van der Waals surface area contributed by atoms with Gasteiger partial charge in [-0.1, -0.05) is 0 Å². The Kier molecular flexibility index (Phi) is 4.94. The van der Waals surface area contributed by atoms with Crippen LogP contribution in [0.3, 0.4) is 0 Å². The van der Waals surface area contributed by atoms with Gasteiger partial charge < -0.3 is 20.1 Å². The molecule has 3 aromatic rings. The Labute approximate surface area is 164 Å². The Morgan fingerprint density at radius 1 is 1.00 bits per heavy atom. The largest absolute Gasteiger partial charge is 0.486 e. The minimum Gasteiger partial charge on any atom is -0.486 e. The summed E-state index contributed by atoms with van der Waals surface area (Å²) in [6, 6.07) is 9.63. The highest BCUT2D eigenvalue weighted by Crippen LogP contribution is 2.32. The second kappa shape index (κ2) is 7.70. The maximum Gasteiger partial charge on any atom is 0.274 e. The smallest absolute Gasteiger partial charge is 0.274 e. The van der Waals surface area contributed by atoms with E-state index in [0.29, 0.717) is 36.1 Å². The van der Waals surface area contributed by atoms with Gasteiger partial charge in [-0.15, -0.1) is 0 Å². The lowest BCUT2D eigenvalue weighted by molar-refractivity contribution is 0.102. The molecule has 7 nitrogen and oxygen atoms in total. The molecule has 0 fully saturated rings. The predicted octanol–water partition coefficient (Wildman–Crippen LogP) is 3.83. The average molecular weight is 398 g/mol. The normalized spacial score (nSPS) is 12.4. The van der Waals surface area contributed by atoms with Crippen molar-refractivity contribution in [3.8, 4) is 11.5 Å². The van der Waals surface area contributed by atoms with Crippen molar-refractivity contribution >= 4 is 23.2 Å². The molecule has 0 bridgehead atoms. The van der Waals surface area contributed by atoms with E-state index in [1.54, 1.807) is 25.1 Å². The van der Waals surface area contributed by atoms with Crippen molar-refractivity contribution in [1.29, 1.82) is 0 Å². The van der Waals surface area contributed by atoms with Crippen LogP contribution in [0, 0.1) is 18.6 Å². The molecule has 2 aromatic carbocycles. The molecule has 9 heteroatoms. The Balaban J connectivity index is 1.54. The number of fused-ring (bicyclic) bond motifs is 1. The van der Waals surface area contributed by atoms with Gasteiger partial charge in [-0.2, -0.15) is 0 Å². The summed E-state index contributed by atoms with van der Waals surface area (Å²) >= 11 is 0. The molecule has 0 aliphatic carbocycles. The third kappa shape index (κ3) is 4.23. The van der Waals surface area contributed by atoms with Crippen LogP contribution in [0.15, 0.2) is 42.5 Å². The van der Waals surface area contributed by atoms with Crippen molar-refractivity contribution in [3.05, 3.63) is 65.5 Å².